The second-order valence-electron chi connectivity index (χ2n) is 3.65. The molecule has 1 atom stereocenters. The standard InChI is InChI=1S/C10H15ClN2OS/c1-10(14,7-15-2)6-13-9-4-3-8(11)5-12-9/h3-5,14H,6-7H2,1-2H3,(H,12,13)/t10-/m0/s1. The van der Waals surface area contributed by atoms with Gasteiger partial charge in [0.05, 0.1) is 10.6 Å². The number of hydrogen-bond donors (Lipinski definition) is 2. The van der Waals surface area contributed by atoms with Gasteiger partial charge in [-0.15, -0.1) is 0 Å². The molecule has 0 bridgehead atoms. The maximum absolute atomic E-state index is 9.89. The molecule has 0 fully saturated rings. The van der Waals surface area contributed by atoms with Crippen molar-refractivity contribution in [2.24, 2.45) is 0 Å². The Balaban J connectivity index is 2.46. The number of rotatable bonds is 5. The average Bonchev–Trinajstić information content (AvgIpc) is 2.17. The summed E-state index contributed by atoms with van der Waals surface area (Å²) >= 11 is 7.32. The Hall–Kier alpha value is -0.450. The van der Waals surface area contributed by atoms with E-state index >= 15 is 0 Å². The molecule has 1 aromatic heterocycles. The van der Waals surface area contributed by atoms with Crippen molar-refractivity contribution in [1.82, 2.24) is 4.98 Å². The first-order chi connectivity index (χ1) is 7.03. The third-order valence-corrected chi connectivity index (χ3v) is 2.97. The molecule has 0 amide bonds. The first-order valence-electron chi connectivity index (χ1n) is 4.60. The van der Waals surface area contributed by atoms with Gasteiger partial charge in [0.2, 0.25) is 0 Å². The lowest BCUT2D eigenvalue weighted by atomic mass is 10.1. The highest BCUT2D eigenvalue weighted by atomic mass is 35.5. The van der Waals surface area contributed by atoms with Crippen LogP contribution in [0.1, 0.15) is 6.92 Å². The van der Waals surface area contributed by atoms with E-state index in [9.17, 15) is 5.11 Å². The Morgan fingerprint density at radius 3 is 2.87 bits per heavy atom. The Morgan fingerprint density at radius 1 is 1.60 bits per heavy atom. The van der Waals surface area contributed by atoms with Crippen molar-refractivity contribution in [3.63, 3.8) is 0 Å². The maximum Gasteiger partial charge on any atom is 0.126 e. The van der Waals surface area contributed by atoms with Crippen molar-refractivity contribution in [3.05, 3.63) is 23.4 Å². The Morgan fingerprint density at radius 2 is 2.33 bits per heavy atom. The van der Waals surface area contributed by atoms with Gasteiger partial charge in [-0.05, 0) is 25.3 Å². The lowest BCUT2D eigenvalue weighted by molar-refractivity contribution is 0.0996. The van der Waals surface area contributed by atoms with E-state index in [4.69, 9.17) is 11.6 Å². The van der Waals surface area contributed by atoms with Crippen molar-refractivity contribution in [1.29, 1.82) is 0 Å². The molecule has 0 aliphatic rings. The smallest absolute Gasteiger partial charge is 0.126 e. The summed E-state index contributed by atoms with van der Waals surface area (Å²) in [7, 11) is 0. The van der Waals surface area contributed by atoms with Crippen LogP contribution in [0, 0.1) is 0 Å². The topological polar surface area (TPSA) is 45.1 Å². The van der Waals surface area contributed by atoms with Crippen molar-refractivity contribution < 1.29 is 5.11 Å². The summed E-state index contributed by atoms with van der Waals surface area (Å²) < 4.78 is 0. The van der Waals surface area contributed by atoms with Gasteiger partial charge in [-0.2, -0.15) is 11.8 Å². The lowest BCUT2D eigenvalue weighted by Crippen LogP contribution is -2.36. The van der Waals surface area contributed by atoms with E-state index in [1.165, 1.54) is 0 Å². The van der Waals surface area contributed by atoms with Crippen LogP contribution in [0.3, 0.4) is 0 Å². The third kappa shape index (κ3) is 4.73. The molecule has 0 spiro atoms. The van der Waals surface area contributed by atoms with Gasteiger partial charge < -0.3 is 10.4 Å². The summed E-state index contributed by atoms with van der Waals surface area (Å²) in [5.74, 6) is 1.41. The fourth-order valence-electron chi connectivity index (χ4n) is 1.12. The number of halogens is 1. The molecular weight excluding hydrogens is 232 g/mol. The van der Waals surface area contributed by atoms with E-state index in [2.05, 4.69) is 10.3 Å². The van der Waals surface area contributed by atoms with Gasteiger partial charge in [0.25, 0.3) is 0 Å². The van der Waals surface area contributed by atoms with Gasteiger partial charge in [0.15, 0.2) is 0 Å². The van der Waals surface area contributed by atoms with Gasteiger partial charge in [-0.25, -0.2) is 4.98 Å². The van der Waals surface area contributed by atoms with Crippen molar-refractivity contribution in [3.8, 4) is 0 Å². The minimum Gasteiger partial charge on any atom is -0.387 e. The van der Waals surface area contributed by atoms with E-state index in [1.807, 2.05) is 6.26 Å². The number of hydrogen-bond acceptors (Lipinski definition) is 4. The van der Waals surface area contributed by atoms with Crippen molar-refractivity contribution in [2.75, 3.05) is 23.9 Å². The zero-order chi connectivity index (χ0) is 11.3. The molecule has 1 rings (SSSR count). The summed E-state index contributed by atoms with van der Waals surface area (Å²) in [6.07, 6.45) is 3.54. The molecule has 0 aliphatic heterocycles. The van der Waals surface area contributed by atoms with Crippen LogP contribution in [0.4, 0.5) is 5.82 Å². The SMILES string of the molecule is CSC[C@@](C)(O)CNc1ccc(Cl)cn1. The number of anilines is 1. The van der Waals surface area contributed by atoms with Crippen LogP contribution < -0.4 is 5.32 Å². The molecule has 1 aromatic rings. The minimum atomic E-state index is -0.721. The summed E-state index contributed by atoms with van der Waals surface area (Å²) in [5, 5.41) is 13.6. The van der Waals surface area contributed by atoms with E-state index in [-0.39, 0.29) is 0 Å². The third-order valence-electron chi connectivity index (χ3n) is 1.83. The molecule has 0 aliphatic carbocycles. The lowest BCUT2D eigenvalue weighted by Gasteiger charge is -2.22. The average molecular weight is 247 g/mol. The summed E-state index contributed by atoms with van der Waals surface area (Å²) in [4.78, 5) is 4.08. The van der Waals surface area contributed by atoms with E-state index in [0.717, 1.165) is 5.82 Å². The predicted octanol–water partition coefficient (Wildman–Crippen LogP) is 2.26. The Bertz CT molecular complexity index is 303. The number of pyridine rings is 1. The van der Waals surface area contributed by atoms with Crippen LogP contribution in [-0.4, -0.2) is 34.2 Å². The number of thioether (sulfide) groups is 1. The fourth-order valence-corrected chi connectivity index (χ4v) is 1.96. The number of nitrogens with one attached hydrogen (secondary N) is 1. The molecule has 15 heavy (non-hydrogen) atoms. The van der Waals surface area contributed by atoms with E-state index in [1.54, 1.807) is 37.0 Å². The summed E-state index contributed by atoms with van der Waals surface area (Å²) in [6.45, 7) is 2.27. The highest BCUT2D eigenvalue weighted by molar-refractivity contribution is 7.98. The predicted molar refractivity (Wildman–Crippen MR) is 66.7 cm³/mol. The molecule has 0 aromatic carbocycles. The minimum absolute atomic E-state index is 0.475. The Kier molecular flexibility index (Phi) is 4.70. The van der Waals surface area contributed by atoms with Gasteiger partial charge in [0.1, 0.15) is 5.82 Å². The van der Waals surface area contributed by atoms with E-state index in [0.29, 0.717) is 17.3 Å². The highest BCUT2D eigenvalue weighted by Gasteiger charge is 2.19. The first kappa shape index (κ1) is 12.6. The van der Waals surface area contributed by atoms with Crippen molar-refractivity contribution in [2.45, 2.75) is 12.5 Å². The molecule has 0 saturated carbocycles. The Labute approximate surface area is 99.2 Å². The van der Waals surface area contributed by atoms with Gasteiger partial charge in [-0.3, -0.25) is 0 Å². The fraction of sp³-hybridized carbons (Fsp3) is 0.500. The van der Waals surface area contributed by atoms with Crippen molar-refractivity contribution >= 4 is 29.2 Å². The zero-order valence-electron chi connectivity index (χ0n) is 8.83. The van der Waals surface area contributed by atoms with Crippen LogP contribution >= 0.6 is 23.4 Å². The number of nitrogens with zero attached hydrogens (tertiary/aromatic N) is 1. The normalized spacial score (nSPS) is 14.7. The van der Waals surface area contributed by atoms with Gasteiger partial charge >= 0.3 is 0 Å². The molecule has 84 valence electrons. The first-order valence-corrected chi connectivity index (χ1v) is 6.37. The molecule has 1 heterocycles. The molecule has 5 heteroatoms. The van der Waals surface area contributed by atoms with Gasteiger partial charge in [0, 0.05) is 18.5 Å². The molecule has 3 nitrogen and oxygen atoms in total. The van der Waals surface area contributed by atoms with Crippen LogP contribution in [-0.2, 0) is 0 Å². The van der Waals surface area contributed by atoms with Crippen LogP contribution in [0.5, 0.6) is 0 Å². The van der Waals surface area contributed by atoms with Crippen LogP contribution in [0.2, 0.25) is 5.02 Å². The summed E-state index contributed by atoms with van der Waals surface area (Å²) in [6, 6.07) is 3.55. The molecule has 0 saturated heterocycles. The number of aromatic nitrogens is 1. The zero-order valence-corrected chi connectivity index (χ0v) is 10.4. The number of aliphatic hydroxyl groups is 1. The largest absolute Gasteiger partial charge is 0.387 e. The monoisotopic (exact) mass is 246 g/mol. The van der Waals surface area contributed by atoms with E-state index < -0.39 is 5.60 Å². The van der Waals surface area contributed by atoms with Gasteiger partial charge in [-0.1, -0.05) is 11.6 Å². The molecule has 0 unspecified atom stereocenters. The maximum atomic E-state index is 9.89. The molecule has 2 N–H and O–H groups in total. The molecule has 0 radical (unpaired) electrons. The summed E-state index contributed by atoms with van der Waals surface area (Å²) in [5.41, 5.74) is -0.721. The highest BCUT2D eigenvalue weighted by Crippen LogP contribution is 2.13. The van der Waals surface area contributed by atoms with Crippen LogP contribution in [0.15, 0.2) is 18.3 Å². The molecular formula is C10H15ClN2OS. The quantitative estimate of drug-likeness (QED) is 0.837. The second kappa shape index (κ2) is 5.58. The van der Waals surface area contributed by atoms with Crippen LogP contribution in [0.25, 0.3) is 0 Å². The second-order valence-corrected chi connectivity index (χ2v) is 4.95.